The van der Waals surface area contributed by atoms with E-state index >= 15 is 0 Å². The first-order valence-electron chi connectivity index (χ1n) is 4.16. The lowest BCUT2D eigenvalue weighted by atomic mass is 10.1. The molecule has 0 aromatic heterocycles. The van der Waals surface area contributed by atoms with Gasteiger partial charge >= 0.3 is 0 Å². The second-order valence-electron chi connectivity index (χ2n) is 2.96. The summed E-state index contributed by atoms with van der Waals surface area (Å²) in [4.78, 5) is 0. The lowest BCUT2D eigenvalue weighted by Crippen LogP contribution is -2.02. The van der Waals surface area contributed by atoms with Crippen LogP contribution in [0.2, 0.25) is 5.02 Å². The van der Waals surface area contributed by atoms with Gasteiger partial charge in [-0.2, -0.15) is 0 Å². The Hall–Kier alpha value is -0.220. The molecule has 1 unspecified atom stereocenters. The second-order valence-corrected chi connectivity index (χ2v) is 4.80. The van der Waals surface area contributed by atoms with E-state index in [0.717, 1.165) is 11.1 Å². The highest BCUT2D eigenvalue weighted by Gasteiger charge is 2.07. The first kappa shape index (κ1) is 11.9. The van der Waals surface area contributed by atoms with Crippen molar-refractivity contribution in [2.24, 2.45) is 0 Å². The summed E-state index contributed by atoms with van der Waals surface area (Å²) in [5, 5.41) is 9.33. The average molecular weight is 232 g/mol. The third-order valence-corrected chi connectivity index (χ3v) is 2.84. The molecule has 2 nitrogen and oxygen atoms in total. The summed E-state index contributed by atoms with van der Waals surface area (Å²) in [6.45, 7) is -0.00368. The molecule has 0 aliphatic rings. The van der Waals surface area contributed by atoms with Crippen molar-refractivity contribution in [2.75, 3.05) is 12.9 Å². The summed E-state index contributed by atoms with van der Waals surface area (Å²) in [6, 6.07) is 5.42. The zero-order valence-electron chi connectivity index (χ0n) is 7.87. The van der Waals surface area contributed by atoms with E-state index in [1.165, 1.54) is 0 Å². The maximum absolute atomic E-state index is 11.0. The Bertz CT molecular complexity index is 302. The first-order chi connectivity index (χ1) is 6.63. The third kappa shape index (κ3) is 3.50. The van der Waals surface area contributed by atoms with Gasteiger partial charge in [-0.05, 0) is 17.7 Å². The van der Waals surface area contributed by atoms with Gasteiger partial charge in [0, 0.05) is 17.0 Å². The maximum atomic E-state index is 11.0. The third-order valence-electron chi connectivity index (χ3n) is 1.76. The molecule has 1 rings (SSSR count). The number of halogens is 1. The Kier molecular flexibility index (Phi) is 4.75. The van der Waals surface area contributed by atoms with Gasteiger partial charge in [0.1, 0.15) is 5.75 Å². The normalized spacial score (nSPS) is 12.9. The first-order valence-corrected chi connectivity index (χ1v) is 6.26. The molecule has 1 N–H and O–H groups in total. The molecule has 0 heterocycles. The molecule has 1 aromatic rings. The zero-order valence-corrected chi connectivity index (χ0v) is 9.44. The van der Waals surface area contributed by atoms with Gasteiger partial charge in [-0.3, -0.25) is 0 Å². The molecule has 0 saturated carbocycles. The van der Waals surface area contributed by atoms with Gasteiger partial charge in [0.25, 0.3) is 0 Å². The van der Waals surface area contributed by atoms with Crippen molar-refractivity contribution < 1.29 is 9.66 Å². The molecule has 0 aliphatic heterocycles. The predicted molar refractivity (Wildman–Crippen MR) is 59.7 cm³/mol. The zero-order chi connectivity index (χ0) is 10.6. The van der Waals surface area contributed by atoms with Crippen molar-refractivity contribution in [3.05, 3.63) is 40.8 Å². The van der Waals surface area contributed by atoms with Crippen LogP contribution >= 0.6 is 11.6 Å². The molecule has 0 aliphatic carbocycles. The smallest absolute Gasteiger partial charge is 0.131 e. The molecule has 0 fully saturated rings. The summed E-state index contributed by atoms with van der Waals surface area (Å²) in [6.07, 6.45) is 3.32. The molecule has 0 spiro atoms. The lowest BCUT2D eigenvalue weighted by Gasteiger charge is -2.08. The van der Waals surface area contributed by atoms with E-state index < -0.39 is 11.2 Å². The van der Waals surface area contributed by atoms with E-state index in [2.05, 4.69) is 0 Å². The minimum atomic E-state index is -0.900. The van der Waals surface area contributed by atoms with Crippen LogP contribution in [0.5, 0.6) is 0 Å². The fourth-order valence-electron chi connectivity index (χ4n) is 1.16. The maximum Gasteiger partial charge on any atom is 0.131 e. The minimum absolute atomic E-state index is 0.00368. The van der Waals surface area contributed by atoms with Crippen LogP contribution in [-0.4, -0.2) is 22.5 Å². The molecular formula is C10H12ClO2S. The van der Waals surface area contributed by atoms with E-state index in [9.17, 15) is 4.55 Å². The summed E-state index contributed by atoms with van der Waals surface area (Å²) in [7, 11) is 0. The Labute approximate surface area is 92.1 Å². The quantitative estimate of drug-likeness (QED) is 0.803. The van der Waals surface area contributed by atoms with Gasteiger partial charge in [0.15, 0.2) is 0 Å². The summed E-state index contributed by atoms with van der Waals surface area (Å²) < 4.78 is 11.0. The molecule has 1 atom stereocenters. The average Bonchev–Trinajstić information content (AvgIpc) is 2.10. The Morgan fingerprint density at radius 3 is 2.86 bits per heavy atom. The van der Waals surface area contributed by atoms with Crippen LogP contribution in [0.1, 0.15) is 11.1 Å². The fraction of sp³-hybridized carbons (Fsp3) is 0.300. The number of rotatable bonds is 4. The van der Waals surface area contributed by atoms with Gasteiger partial charge in [0.2, 0.25) is 0 Å². The SMILES string of the molecule is C[S+]([O-])Cc1cc([CH]CO)ccc1Cl. The van der Waals surface area contributed by atoms with Gasteiger partial charge < -0.3 is 9.66 Å². The van der Waals surface area contributed by atoms with E-state index in [1.54, 1.807) is 18.7 Å². The van der Waals surface area contributed by atoms with Crippen molar-refractivity contribution in [3.63, 3.8) is 0 Å². The number of aliphatic hydroxyl groups excluding tert-OH is 1. The standard InChI is InChI=1S/C10H12ClO2S/c1-14(13)7-9-6-8(4-5-12)2-3-10(9)11/h2-4,6,12H,5,7H2,1H3. The van der Waals surface area contributed by atoms with Crippen LogP contribution in [0, 0.1) is 6.42 Å². The summed E-state index contributed by atoms with van der Waals surface area (Å²) >= 11 is 5.03. The highest BCUT2D eigenvalue weighted by atomic mass is 35.5. The number of hydrogen-bond donors (Lipinski definition) is 1. The number of benzene rings is 1. The van der Waals surface area contributed by atoms with Gasteiger partial charge in [0.05, 0.1) is 12.9 Å². The largest absolute Gasteiger partial charge is 0.616 e. The van der Waals surface area contributed by atoms with E-state index in [0.29, 0.717) is 10.8 Å². The molecule has 4 heteroatoms. The van der Waals surface area contributed by atoms with Crippen molar-refractivity contribution in [3.8, 4) is 0 Å². The topological polar surface area (TPSA) is 43.3 Å². The monoisotopic (exact) mass is 231 g/mol. The minimum Gasteiger partial charge on any atom is -0.616 e. The van der Waals surface area contributed by atoms with Crippen LogP contribution < -0.4 is 0 Å². The Morgan fingerprint density at radius 1 is 1.57 bits per heavy atom. The number of hydrogen-bond acceptors (Lipinski definition) is 2. The molecule has 0 amide bonds. The van der Waals surface area contributed by atoms with Crippen molar-refractivity contribution in [1.82, 2.24) is 0 Å². The van der Waals surface area contributed by atoms with E-state index in [4.69, 9.17) is 16.7 Å². The molecule has 77 valence electrons. The van der Waals surface area contributed by atoms with Crippen LogP contribution in [0.3, 0.4) is 0 Å². The highest BCUT2D eigenvalue weighted by Crippen LogP contribution is 2.20. The fourth-order valence-corrected chi connectivity index (χ4v) is 2.10. The molecule has 1 radical (unpaired) electrons. The van der Waals surface area contributed by atoms with Crippen LogP contribution in [0.15, 0.2) is 18.2 Å². The van der Waals surface area contributed by atoms with Crippen LogP contribution in [0.25, 0.3) is 0 Å². The number of aliphatic hydroxyl groups is 1. The second kappa shape index (κ2) is 5.61. The Balaban J connectivity index is 2.84. The lowest BCUT2D eigenvalue weighted by molar-refractivity contribution is 0.331. The van der Waals surface area contributed by atoms with Crippen LogP contribution in [-0.2, 0) is 16.9 Å². The highest BCUT2D eigenvalue weighted by molar-refractivity contribution is 7.89. The van der Waals surface area contributed by atoms with Crippen molar-refractivity contribution in [2.45, 2.75) is 5.75 Å². The van der Waals surface area contributed by atoms with E-state index in [-0.39, 0.29) is 6.61 Å². The summed E-state index contributed by atoms with van der Waals surface area (Å²) in [5.41, 5.74) is 1.76. The molecular weight excluding hydrogens is 220 g/mol. The molecule has 0 saturated heterocycles. The van der Waals surface area contributed by atoms with Crippen molar-refractivity contribution >= 4 is 22.8 Å². The van der Waals surface area contributed by atoms with Gasteiger partial charge in [-0.25, -0.2) is 0 Å². The molecule has 1 aromatic carbocycles. The van der Waals surface area contributed by atoms with Crippen LogP contribution in [0.4, 0.5) is 0 Å². The van der Waals surface area contributed by atoms with Crippen molar-refractivity contribution in [1.29, 1.82) is 0 Å². The van der Waals surface area contributed by atoms with E-state index in [1.807, 2.05) is 12.1 Å². The molecule has 14 heavy (non-hydrogen) atoms. The predicted octanol–water partition coefficient (Wildman–Crippen LogP) is 1.76. The summed E-state index contributed by atoms with van der Waals surface area (Å²) in [5.74, 6) is 0.450. The van der Waals surface area contributed by atoms with Gasteiger partial charge in [-0.15, -0.1) is 0 Å². The molecule has 0 bridgehead atoms. The Morgan fingerprint density at radius 2 is 2.29 bits per heavy atom. The van der Waals surface area contributed by atoms with Gasteiger partial charge in [-0.1, -0.05) is 28.8 Å².